The lowest BCUT2D eigenvalue weighted by Crippen LogP contribution is -2.55. The maximum atomic E-state index is 13.0. The Hall–Kier alpha value is -3.42. The topological polar surface area (TPSA) is 301 Å². The molecule has 0 fully saturated rings. The summed E-state index contributed by atoms with van der Waals surface area (Å²) in [5.74, 6) is -2.36. The first kappa shape index (κ1) is 33.6. The Morgan fingerprint density at radius 3 is 0.974 bits per heavy atom. The van der Waals surface area contributed by atoms with Crippen LogP contribution < -0.4 is 51.5 Å². The van der Waals surface area contributed by atoms with Gasteiger partial charge in [0.25, 0.3) is 0 Å². The Labute approximate surface area is 223 Å². The van der Waals surface area contributed by atoms with Gasteiger partial charge in [0.1, 0.15) is 37.9 Å². The highest BCUT2D eigenvalue weighted by Gasteiger charge is 2.20. The zero-order valence-corrected chi connectivity index (χ0v) is 21.7. The predicted octanol–water partition coefficient (Wildman–Crippen LogP) is -6.17. The van der Waals surface area contributed by atoms with Gasteiger partial charge in [-0.3, -0.25) is 14.4 Å². The molecule has 0 bridgehead atoms. The molecule has 0 saturated heterocycles. The maximum absolute atomic E-state index is 13.0. The van der Waals surface area contributed by atoms with Gasteiger partial charge in [-0.2, -0.15) is 0 Å². The molecule has 1 rings (SSSR count). The Bertz CT molecular complexity index is 963. The number of rotatable bonds is 18. The third-order valence-electron chi connectivity index (χ3n) is 5.40. The molecule has 1 aromatic heterocycles. The largest absolute Gasteiger partial charge is 0.463 e. The summed E-state index contributed by atoms with van der Waals surface area (Å²) in [6.07, 6.45) is 0.493. The summed E-state index contributed by atoms with van der Waals surface area (Å²) in [6, 6.07) is -2.96. The molecule has 0 spiro atoms. The van der Waals surface area contributed by atoms with Crippen molar-refractivity contribution >= 4 is 17.9 Å². The average molecular weight is 562 g/mol. The molecule has 3 unspecified atom stereocenters. The number of carbonyl (C=O) groups excluding carboxylic acids is 3. The van der Waals surface area contributed by atoms with Crippen LogP contribution >= 0.6 is 0 Å². The van der Waals surface area contributed by atoms with E-state index in [1.54, 1.807) is 0 Å². The molecule has 222 valence electrons. The smallest absolute Gasteiger partial charge is 0.336 e. The molecule has 0 aliphatic rings. The lowest BCUT2D eigenvalue weighted by molar-refractivity contribution is -0.146. The molecular formula is C21H39N9O9. The van der Waals surface area contributed by atoms with E-state index in [-0.39, 0.29) is 38.9 Å². The Balaban J connectivity index is 3.16. The van der Waals surface area contributed by atoms with E-state index in [1.807, 2.05) is 0 Å². The summed E-state index contributed by atoms with van der Waals surface area (Å²) in [5, 5.41) is 0. The molecule has 0 saturated carbocycles. The molecule has 0 aromatic carbocycles. The summed E-state index contributed by atoms with van der Waals surface area (Å²) in [5.41, 5.74) is 29.8. The Morgan fingerprint density at radius 1 is 0.538 bits per heavy atom. The van der Waals surface area contributed by atoms with Gasteiger partial charge in [-0.15, -0.1) is 0 Å². The summed E-state index contributed by atoms with van der Waals surface area (Å²) in [6.45, 7) is -2.11. The fourth-order valence-corrected chi connectivity index (χ4v) is 3.18. The molecule has 0 amide bonds. The molecule has 0 aliphatic heterocycles. The lowest BCUT2D eigenvalue weighted by atomic mass is 10.2. The van der Waals surface area contributed by atoms with Gasteiger partial charge in [-0.1, -0.05) is 0 Å². The van der Waals surface area contributed by atoms with E-state index in [9.17, 15) is 28.8 Å². The molecule has 18 nitrogen and oxygen atoms in total. The average Bonchev–Trinajstić information content (AvgIpc) is 2.89. The second-order valence-corrected chi connectivity index (χ2v) is 8.36. The van der Waals surface area contributed by atoms with E-state index in [0.717, 1.165) is 0 Å². The normalized spacial score (nSPS) is 13.4. The molecule has 1 aromatic rings. The van der Waals surface area contributed by atoms with Crippen LogP contribution in [0.1, 0.15) is 19.3 Å². The van der Waals surface area contributed by atoms with Gasteiger partial charge >= 0.3 is 35.0 Å². The highest BCUT2D eigenvalue weighted by atomic mass is 16.5. The van der Waals surface area contributed by atoms with Crippen molar-refractivity contribution in [1.29, 1.82) is 0 Å². The van der Waals surface area contributed by atoms with Crippen molar-refractivity contribution in [2.75, 3.05) is 39.5 Å². The molecule has 18 heteroatoms. The van der Waals surface area contributed by atoms with E-state index in [1.165, 1.54) is 0 Å². The van der Waals surface area contributed by atoms with Crippen LogP contribution in [0.3, 0.4) is 0 Å². The van der Waals surface area contributed by atoms with Gasteiger partial charge < -0.3 is 48.6 Å². The number of nitrogens with two attached hydrogens (primary N) is 6. The van der Waals surface area contributed by atoms with Crippen LogP contribution in [0.15, 0.2) is 14.4 Å². The number of ether oxygens (including phenoxy) is 3. The zero-order valence-electron chi connectivity index (χ0n) is 21.7. The number of hydrogen-bond donors (Lipinski definition) is 6. The SMILES string of the molecule is NCCC(N)C(=O)OCCn1c(=O)n(CCOC(=O)C(N)CCN)c(=O)n(CCOC(=O)C(N)CCN)c1=O. The van der Waals surface area contributed by atoms with Crippen molar-refractivity contribution in [2.45, 2.75) is 57.0 Å². The predicted molar refractivity (Wildman–Crippen MR) is 137 cm³/mol. The highest BCUT2D eigenvalue weighted by molar-refractivity contribution is 5.76. The molecule has 39 heavy (non-hydrogen) atoms. The Morgan fingerprint density at radius 2 is 0.769 bits per heavy atom. The second kappa shape index (κ2) is 17.2. The van der Waals surface area contributed by atoms with Crippen molar-refractivity contribution < 1.29 is 28.6 Å². The standard InChI is InChI=1S/C21H39N9O9/c22-4-1-13(25)16(31)37-10-7-28-19(34)29(8-11-38-17(32)14(26)2-5-23)21(36)30(20(28)35)9-12-39-18(33)15(27)3-6-24/h13-15H,1-12,22-27H2. The minimum Gasteiger partial charge on any atom is -0.463 e. The van der Waals surface area contributed by atoms with E-state index in [0.29, 0.717) is 13.7 Å². The van der Waals surface area contributed by atoms with Crippen molar-refractivity contribution in [3.8, 4) is 0 Å². The van der Waals surface area contributed by atoms with Gasteiger partial charge in [0.15, 0.2) is 0 Å². The summed E-state index contributed by atoms with van der Waals surface area (Å²) in [7, 11) is 0. The van der Waals surface area contributed by atoms with E-state index in [2.05, 4.69) is 0 Å². The van der Waals surface area contributed by atoms with Gasteiger partial charge in [0.05, 0.1) is 19.6 Å². The van der Waals surface area contributed by atoms with Crippen molar-refractivity contribution in [3.05, 3.63) is 31.5 Å². The number of aromatic nitrogens is 3. The van der Waals surface area contributed by atoms with Crippen LogP contribution in [-0.4, -0.2) is 89.2 Å². The first-order valence-corrected chi connectivity index (χ1v) is 12.3. The lowest BCUT2D eigenvalue weighted by Gasteiger charge is -2.16. The van der Waals surface area contributed by atoms with Gasteiger partial charge in [0, 0.05) is 0 Å². The van der Waals surface area contributed by atoms with Crippen molar-refractivity contribution in [1.82, 2.24) is 13.7 Å². The fourth-order valence-electron chi connectivity index (χ4n) is 3.18. The minimum atomic E-state index is -1.05. The first-order chi connectivity index (χ1) is 18.5. The highest BCUT2D eigenvalue weighted by Crippen LogP contribution is 1.94. The Kier molecular flexibility index (Phi) is 14.8. The monoisotopic (exact) mass is 561 g/mol. The molecule has 12 N–H and O–H groups in total. The number of hydrogen-bond acceptors (Lipinski definition) is 15. The number of nitrogens with zero attached hydrogens (tertiary/aromatic N) is 3. The number of carbonyl (C=O) groups is 3. The van der Waals surface area contributed by atoms with E-state index < -0.39 is 92.6 Å². The molecular weight excluding hydrogens is 522 g/mol. The van der Waals surface area contributed by atoms with Crippen molar-refractivity contribution in [2.24, 2.45) is 34.4 Å². The maximum Gasteiger partial charge on any atom is 0.336 e. The van der Waals surface area contributed by atoms with Crippen LogP contribution in [0, 0.1) is 0 Å². The van der Waals surface area contributed by atoms with Gasteiger partial charge in [-0.05, 0) is 38.9 Å². The molecule has 3 atom stereocenters. The third-order valence-corrected chi connectivity index (χ3v) is 5.40. The van der Waals surface area contributed by atoms with Gasteiger partial charge in [-0.25, -0.2) is 28.1 Å². The van der Waals surface area contributed by atoms with Crippen molar-refractivity contribution in [3.63, 3.8) is 0 Å². The van der Waals surface area contributed by atoms with Crippen LogP contribution in [0.2, 0.25) is 0 Å². The molecule has 0 aliphatic carbocycles. The second-order valence-electron chi connectivity index (χ2n) is 8.36. The fraction of sp³-hybridized carbons (Fsp3) is 0.714. The summed E-state index contributed by atoms with van der Waals surface area (Å²) >= 11 is 0. The number of esters is 3. The zero-order chi connectivity index (χ0) is 29.5. The minimum absolute atomic E-state index is 0.148. The van der Waals surface area contributed by atoms with Crippen LogP contribution in [-0.2, 0) is 48.2 Å². The quantitative estimate of drug-likeness (QED) is 0.0717. The first-order valence-electron chi connectivity index (χ1n) is 12.3. The summed E-state index contributed by atoms with van der Waals surface area (Å²) in [4.78, 5) is 74.7. The van der Waals surface area contributed by atoms with Crippen LogP contribution in [0.5, 0.6) is 0 Å². The van der Waals surface area contributed by atoms with E-state index >= 15 is 0 Å². The van der Waals surface area contributed by atoms with Gasteiger partial charge in [0.2, 0.25) is 0 Å². The molecule has 0 radical (unpaired) electrons. The molecule has 1 heterocycles. The third kappa shape index (κ3) is 10.3. The van der Waals surface area contributed by atoms with E-state index in [4.69, 9.17) is 48.6 Å². The van der Waals surface area contributed by atoms with Crippen LogP contribution in [0.4, 0.5) is 0 Å². The summed E-state index contributed by atoms with van der Waals surface area (Å²) < 4.78 is 16.9. The van der Waals surface area contributed by atoms with Crippen LogP contribution in [0.25, 0.3) is 0 Å².